The second-order valence-electron chi connectivity index (χ2n) is 6.37. The van der Waals surface area contributed by atoms with Crippen LogP contribution in [-0.2, 0) is 6.54 Å². The van der Waals surface area contributed by atoms with Gasteiger partial charge in [-0.2, -0.15) is 5.10 Å². The van der Waals surface area contributed by atoms with Crippen LogP contribution in [0.15, 0.2) is 24.5 Å². The predicted octanol–water partition coefficient (Wildman–Crippen LogP) is 3.67. The summed E-state index contributed by atoms with van der Waals surface area (Å²) in [6.07, 6.45) is 11.3. The van der Waals surface area contributed by atoms with Gasteiger partial charge in [-0.05, 0) is 36.5 Å². The van der Waals surface area contributed by atoms with E-state index in [1.165, 1.54) is 32.1 Å². The lowest BCUT2D eigenvalue weighted by Crippen LogP contribution is -2.14. The molecule has 0 bridgehead atoms. The molecular formula is C18H20N2O3. The fraction of sp³-hybridized carbons (Fsp3) is 0.444. The van der Waals surface area contributed by atoms with Gasteiger partial charge >= 0.3 is 0 Å². The third kappa shape index (κ3) is 2.83. The molecule has 1 aliphatic heterocycles. The van der Waals surface area contributed by atoms with Crippen molar-refractivity contribution < 1.29 is 14.3 Å². The van der Waals surface area contributed by atoms with Gasteiger partial charge in [-0.25, -0.2) is 0 Å². The molecule has 0 radical (unpaired) electrons. The Bertz CT molecular complexity index is 717. The molecular weight excluding hydrogens is 292 g/mol. The van der Waals surface area contributed by atoms with Gasteiger partial charge in [0.15, 0.2) is 17.8 Å². The van der Waals surface area contributed by atoms with Crippen molar-refractivity contribution in [1.29, 1.82) is 0 Å². The van der Waals surface area contributed by atoms with Crippen molar-refractivity contribution >= 4 is 6.29 Å². The number of hydrogen-bond donors (Lipinski definition) is 0. The Labute approximate surface area is 135 Å². The van der Waals surface area contributed by atoms with E-state index in [-0.39, 0.29) is 6.79 Å². The maximum atomic E-state index is 11.4. The lowest BCUT2D eigenvalue weighted by Gasteiger charge is -2.21. The van der Waals surface area contributed by atoms with Crippen LogP contribution in [0.25, 0.3) is 11.1 Å². The number of nitrogens with zero attached hydrogens (tertiary/aromatic N) is 2. The molecule has 2 aromatic rings. The summed E-state index contributed by atoms with van der Waals surface area (Å²) in [5.41, 5.74) is 2.40. The summed E-state index contributed by atoms with van der Waals surface area (Å²) in [4.78, 5) is 11.4. The lowest BCUT2D eigenvalue weighted by atomic mass is 9.89. The molecule has 0 saturated heterocycles. The number of rotatable bonds is 4. The van der Waals surface area contributed by atoms with Crippen LogP contribution < -0.4 is 9.47 Å². The van der Waals surface area contributed by atoms with E-state index in [9.17, 15) is 4.79 Å². The number of carbonyl (C=O) groups is 1. The molecule has 23 heavy (non-hydrogen) atoms. The molecule has 0 unspecified atom stereocenters. The van der Waals surface area contributed by atoms with Gasteiger partial charge in [0.1, 0.15) is 0 Å². The van der Waals surface area contributed by atoms with Crippen molar-refractivity contribution in [3.63, 3.8) is 0 Å². The second kappa shape index (κ2) is 6.07. The third-order valence-corrected chi connectivity index (χ3v) is 4.79. The third-order valence-electron chi connectivity index (χ3n) is 4.79. The van der Waals surface area contributed by atoms with Gasteiger partial charge in [0, 0.05) is 23.9 Å². The fourth-order valence-corrected chi connectivity index (χ4v) is 3.54. The monoisotopic (exact) mass is 312 g/mol. The van der Waals surface area contributed by atoms with Crippen LogP contribution in [-0.4, -0.2) is 22.9 Å². The molecule has 0 amide bonds. The van der Waals surface area contributed by atoms with E-state index >= 15 is 0 Å². The van der Waals surface area contributed by atoms with Gasteiger partial charge in [0.2, 0.25) is 6.79 Å². The molecule has 1 aliphatic carbocycles. The molecule has 120 valence electrons. The molecule has 5 heteroatoms. The molecule has 0 N–H and O–H groups in total. The highest BCUT2D eigenvalue weighted by Crippen LogP contribution is 2.38. The van der Waals surface area contributed by atoms with Crippen molar-refractivity contribution in [2.45, 2.75) is 38.6 Å². The van der Waals surface area contributed by atoms with Crippen LogP contribution in [0, 0.1) is 5.92 Å². The van der Waals surface area contributed by atoms with Gasteiger partial charge in [-0.15, -0.1) is 0 Å². The zero-order valence-corrected chi connectivity index (χ0v) is 13.0. The summed E-state index contributed by atoms with van der Waals surface area (Å²) < 4.78 is 12.8. The van der Waals surface area contributed by atoms with Crippen molar-refractivity contribution in [3.8, 4) is 22.6 Å². The topological polar surface area (TPSA) is 53.4 Å². The molecule has 1 aromatic heterocycles. The zero-order valence-electron chi connectivity index (χ0n) is 13.0. The number of hydrogen-bond acceptors (Lipinski definition) is 4. The van der Waals surface area contributed by atoms with E-state index in [0.717, 1.165) is 29.9 Å². The summed E-state index contributed by atoms with van der Waals surface area (Å²) in [6, 6.07) is 3.61. The maximum Gasteiger partial charge on any atom is 0.231 e. The maximum absolute atomic E-state index is 11.4. The fourth-order valence-electron chi connectivity index (χ4n) is 3.54. The van der Waals surface area contributed by atoms with Gasteiger partial charge in [0.25, 0.3) is 0 Å². The Morgan fingerprint density at radius 3 is 2.74 bits per heavy atom. The highest BCUT2D eigenvalue weighted by atomic mass is 16.7. The second-order valence-corrected chi connectivity index (χ2v) is 6.37. The Kier molecular flexibility index (Phi) is 3.77. The summed E-state index contributed by atoms with van der Waals surface area (Å²) >= 11 is 0. The SMILES string of the molecule is O=Cc1cc2c(cc1-c1cnn(CC3CCCCC3)c1)OCO2. The van der Waals surface area contributed by atoms with Crippen molar-refractivity contribution in [2.75, 3.05) is 6.79 Å². The van der Waals surface area contributed by atoms with Gasteiger partial charge < -0.3 is 9.47 Å². The zero-order chi connectivity index (χ0) is 15.6. The van der Waals surface area contributed by atoms with E-state index in [0.29, 0.717) is 17.1 Å². The first-order valence-electron chi connectivity index (χ1n) is 8.25. The van der Waals surface area contributed by atoms with E-state index in [4.69, 9.17) is 9.47 Å². The van der Waals surface area contributed by atoms with E-state index in [1.54, 1.807) is 6.07 Å². The van der Waals surface area contributed by atoms with Crippen LogP contribution in [0.1, 0.15) is 42.5 Å². The van der Waals surface area contributed by atoms with Crippen LogP contribution in [0.5, 0.6) is 11.5 Å². The van der Waals surface area contributed by atoms with Crippen LogP contribution in [0.2, 0.25) is 0 Å². The molecule has 1 fully saturated rings. The Balaban J connectivity index is 1.60. The van der Waals surface area contributed by atoms with Crippen LogP contribution in [0.3, 0.4) is 0 Å². The average molecular weight is 312 g/mol. The van der Waals surface area contributed by atoms with Gasteiger partial charge in [0.05, 0.1) is 6.20 Å². The summed E-state index contributed by atoms with van der Waals surface area (Å²) in [7, 11) is 0. The highest BCUT2D eigenvalue weighted by Gasteiger charge is 2.19. The largest absolute Gasteiger partial charge is 0.454 e. The Morgan fingerprint density at radius 1 is 1.17 bits per heavy atom. The molecule has 2 aliphatic rings. The minimum atomic E-state index is 0.206. The molecule has 1 aromatic carbocycles. The summed E-state index contributed by atoms with van der Waals surface area (Å²) in [5.74, 6) is 2.04. The number of fused-ring (bicyclic) bond motifs is 1. The number of aromatic nitrogens is 2. The van der Waals surface area contributed by atoms with Crippen molar-refractivity contribution in [1.82, 2.24) is 9.78 Å². The minimum Gasteiger partial charge on any atom is -0.454 e. The van der Waals surface area contributed by atoms with E-state index < -0.39 is 0 Å². The first-order chi connectivity index (χ1) is 11.3. The summed E-state index contributed by atoms with van der Waals surface area (Å²) in [5, 5.41) is 4.48. The van der Waals surface area contributed by atoms with Crippen LogP contribution in [0.4, 0.5) is 0 Å². The molecule has 0 spiro atoms. The lowest BCUT2D eigenvalue weighted by molar-refractivity contribution is 0.112. The predicted molar refractivity (Wildman–Crippen MR) is 85.7 cm³/mol. The van der Waals surface area contributed by atoms with Crippen molar-refractivity contribution in [2.24, 2.45) is 5.92 Å². The van der Waals surface area contributed by atoms with E-state index in [1.807, 2.05) is 23.1 Å². The smallest absolute Gasteiger partial charge is 0.231 e. The first-order valence-corrected chi connectivity index (χ1v) is 8.25. The Hall–Kier alpha value is -2.30. The minimum absolute atomic E-state index is 0.206. The number of ether oxygens (including phenoxy) is 2. The number of carbonyl (C=O) groups excluding carboxylic acids is 1. The van der Waals surface area contributed by atoms with Gasteiger partial charge in [-0.3, -0.25) is 9.48 Å². The number of aldehydes is 1. The van der Waals surface area contributed by atoms with Crippen molar-refractivity contribution in [3.05, 3.63) is 30.1 Å². The quantitative estimate of drug-likeness (QED) is 0.808. The Morgan fingerprint density at radius 2 is 1.96 bits per heavy atom. The average Bonchev–Trinajstić information content (AvgIpc) is 3.23. The molecule has 4 rings (SSSR count). The standard InChI is InChI=1S/C18H20N2O3/c21-11-14-6-17-18(23-12-22-17)7-16(14)15-8-19-20(10-15)9-13-4-2-1-3-5-13/h6-8,10-11,13H,1-5,9,12H2. The van der Waals surface area contributed by atoms with Gasteiger partial charge in [-0.1, -0.05) is 19.3 Å². The van der Waals surface area contributed by atoms with Crippen LogP contribution >= 0.6 is 0 Å². The molecule has 5 nitrogen and oxygen atoms in total. The van der Waals surface area contributed by atoms with E-state index in [2.05, 4.69) is 5.10 Å². The first kappa shape index (κ1) is 14.3. The molecule has 0 atom stereocenters. The number of benzene rings is 1. The highest BCUT2D eigenvalue weighted by molar-refractivity contribution is 5.89. The summed E-state index contributed by atoms with van der Waals surface area (Å²) in [6.45, 7) is 1.17. The molecule has 1 saturated carbocycles. The normalized spacial score (nSPS) is 17.4. The molecule has 2 heterocycles.